The molecule has 0 saturated carbocycles. The van der Waals surface area contributed by atoms with Gasteiger partial charge in [-0.05, 0) is 24.3 Å². The average Bonchev–Trinajstić information content (AvgIpc) is 2.49. The van der Waals surface area contributed by atoms with E-state index in [1.54, 1.807) is 7.05 Å². The van der Waals surface area contributed by atoms with Gasteiger partial charge in [0.25, 0.3) is 0 Å². The predicted molar refractivity (Wildman–Crippen MR) is 77.3 cm³/mol. The standard InChI is InChI=1S/C14H19FN4O2/c1-16-14(21)12-8-17-6-7-19(12)9-13(20)18-11-4-2-10(15)3-5-11/h2-5,12,17H,6-9H2,1H3,(H,16,21)(H,18,20). The van der Waals surface area contributed by atoms with Gasteiger partial charge in [0.1, 0.15) is 11.9 Å². The van der Waals surface area contributed by atoms with E-state index in [0.717, 1.165) is 6.54 Å². The Labute approximate surface area is 122 Å². The van der Waals surface area contributed by atoms with E-state index in [-0.39, 0.29) is 30.2 Å². The van der Waals surface area contributed by atoms with Crippen LogP contribution in [0.3, 0.4) is 0 Å². The van der Waals surface area contributed by atoms with Crippen molar-refractivity contribution in [2.24, 2.45) is 0 Å². The molecular weight excluding hydrogens is 275 g/mol. The van der Waals surface area contributed by atoms with Crippen molar-refractivity contribution in [3.05, 3.63) is 30.1 Å². The zero-order chi connectivity index (χ0) is 15.2. The van der Waals surface area contributed by atoms with Gasteiger partial charge in [-0.25, -0.2) is 4.39 Å². The summed E-state index contributed by atoms with van der Waals surface area (Å²) in [4.78, 5) is 25.6. The molecular formula is C14H19FN4O2. The zero-order valence-corrected chi connectivity index (χ0v) is 11.9. The SMILES string of the molecule is CNC(=O)C1CNCCN1CC(=O)Nc1ccc(F)cc1. The topological polar surface area (TPSA) is 73.5 Å². The molecule has 3 N–H and O–H groups in total. The van der Waals surface area contributed by atoms with Gasteiger partial charge in [0, 0.05) is 32.4 Å². The fourth-order valence-corrected chi connectivity index (χ4v) is 2.28. The van der Waals surface area contributed by atoms with Crippen LogP contribution in [0, 0.1) is 5.82 Å². The predicted octanol–water partition coefficient (Wildman–Crippen LogP) is -0.216. The minimum absolute atomic E-state index is 0.114. The van der Waals surface area contributed by atoms with Crippen LogP contribution in [0.15, 0.2) is 24.3 Å². The van der Waals surface area contributed by atoms with E-state index in [2.05, 4.69) is 16.0 Å². The Morgan fingerprint density at radius 3 is 2.76 bits per heavy atom. The van der Waals surface area contributed by atoms with Crippen LogP contribution in [0.4, 0.5) is 10.1 Å². The molecule has 0 radical (unpaired) electrons. The van der Waals surface area contributed by atoms with Crippen molar-refractivity contribution < 1.29 is 14.0 Å². The van der Waals surface area contributed by atoms with Crippen molar-refractivity contribution in [1.29, 1.82) is 0 Å². The third-order valence-electron chi connectivity index (χ3n) is 3.38. The molecule has 0 aromatic heterocycles. The summed E-state index contributed by atoms with van der Waals surface area (Å²) >= 11 is 0. The molecule has 1 unspecified atom stereocenters. The number of hydrogen-bond donors (Lipinski definition) is 3. The molecule has 2 rings (SSSR count). The van der Waals surface area contributed by atoms with Crippen LogP contribution in [0.25, 0.3) is 0 Å². The number of amides is 2. The average molecular weight is 294 g/mol. The van der Waals surface area contributed by atoms with E-state index in [0.29, 0.717) is 18.8 Å². The lowest BCUT2D eigenvalue weighted by molar-refractivity contribution is -0.128. The van der Waals surface area contributed by atoms with Crippen LogP contribution in [-0.4, -0.2) is 56.0 Å². The highest BCUT2D eigenvalue weighted by Gasteiger charge is 2.29. The lowest BCUT2D eigenvalue weighted by Crippen LogP contribution is -2.58. The summed E-state index contributed by atoms with van der Waals surface area (Å²) in [5.74, 6) is -0.691. The van der Waals surface area contributed by atoms with Gasteiger partial charge >= 0.3 is 0 Å². The van der Waals surface area contributed by atoms with Crippen molar-refractivity contribution in [1.82, 2.24) is 15.5 Å². The minimum Gasteiger partial charge on any atom is -0.358 e. The number of halogens is 1. The van der Waals surface area contributed by atoms with E-state index in [1.165, 1.54) is 24.3 Å². The quantitative estimate of drug-likeness (QED) is 0.718. The summed E-state index contributed by atoms with van der Waals surface area (Å²) in [6.07, 6.45) is 0. The highest BCUT2D eigenvalue weighted by Crippen LogP contribution is 2.09. The van der Waals surface area contributed by atoms with Crippen LogP contribution < -0.4 is 16.0 Å². The molecule has 1 atom stereocenters. The Kier molecular flexibility index (Phi) is 5.24. The highest BCUT2D eigenvalue weighted by atomic mass is 19.1. The molecule has 1 fully saturated rings. The van der Waals surface area contributed by atoms with Crippen molar-refractivity contribution in [3.8, 4) is 0 Å². The number of carbonyl (C=O) groups excluding carboxylic acids is 2. The number of anilines is 1. The van der Waals surface area contributed by atoms with Crippen LogP contribution in [0.2, 0.25) is 0 Å². The Balaban J connectivity index is 1.93. The molecule has 21 heavy (non-hydrogen) atoms. The van der Waals surface area contributed by atoms with E-state index >= 15 is 0 Å². The largest absolute Gasteiger partial charge is 0.358 e. The third-order valence-corrected chi connectivity index (χ3v) is 3.38. The highest BCUT2D eigenvalue weighted by molar-refractivity contribution is 5.93. The number of carbonyl (C=O) groups is 2. The number of benzene rings is 1. The molecule has 6 nitrogen and oxygen atoms in total. The maximum atomic E-state index is 12.8. The van der Waals surface area contributed by atoms with Gasteiger partial charge in [-0.1, -0.05) is 0 Å². The van der Waals surface area contributed by atoms with E-state index < -0.39 is 0 Å². The smallest absolute Gasteiger partial charge is 0.238 e. The first-order valence-corrected chi connectivity index (χ1v) is 6.82. The van der Waals surface area contributed by atoms with E-state index in [4.69, 9.17) is 0 Å². The summed E-state index contributed by atoms with van der Waals surface area (Å²) in [7, 11) is 1.58. The normalized spacial score (nSPS) is 19.0. The molecule has 2 amide bonds. The summed E-state index contributed by atoms with van der Waals surface area (Å²) in [5.41, 5.74) is 0.535. The van der Waals surface area contributed by atoms with Gasteiger partial charge in [0.2, 0.25) is 11.8 Å². The maximum absolute atomic E-state index is 12.8. The van der Waals surface area contributed by atoms with Gasteiger partial charge in [-0.15, -0.1) is 0 Å². The second-order valence-electron chi connectivity index (χ2n) is 4.86. The number of piperazine rings is 1. The zero-order valence-electron chi connectivity index (χ0n) is 11.9. The monoisotopic (exact) mass is 294 g/mol. The number of hydrogen-bond acceptors (Lipinski definition) is 4. The molecule has 1 aliphatic heterocycles. The molecule has 0 bridgehead atoms. The Hall–Kier alpha value is -1.99. The van der Waals surface area contributed by atoms with Gasteiger partial charge in [-0.3, -0.25) is 14.5 Å². The van der Waals surface area contributed by atoms with Crippen LogP contribution >= 0.6 is 0 Å². The van der Waals surface area contributed by atoms with Crippen LogP contribution in [0.1, 0.15) is 0 Å². The van der Waals surface area contributed by atoms with E-state index in [1.807, 2.05) is 4.90 Å². The number of rotatable bonds is 4. The molecule has 1 aliphatic rings. The fourth-order valence-electron chi connectivity index (χ4n) is 2.28. The number of likely N-dealkylation sites (N-methyl/N-ethyl adjacent to an activating group) is 1. The molecule has 1 aromatic carbocycles. The molecule has 0 spiro atoms. The maximum Gasteiger partial charge on any atom is 0.238 e. The van der Waals surface area contributed by atoms with Crippen LogP contribution in [0.5, 0.6) is 0 Å². The summed E-state index contributed by atoms with van der Waals surface area (Å²) < 4.78 is 12.8. The van der Waals surface area contributed by atoms with Gasteiger partial charge < -0.3 is 16.0 Å². The second-order valence-corrected chi connectivity index (χ2v) is 4.86. The van der Waals surface area contributed by atoms with Gasteiger partial charge in [-0.2, -0.15) is 0 Å². The van der Waals surface area contributed by atoms with Crippen molar-refractivity contribution in [2.45, 2.75) is 6.04 Å². The first kappa shape index (κ1) is 15.4. The first-order valence-electron chi connectivity index (χ1n) is 6.82. The van der Waals surface area contributed by atoms with Crippen LogP contribution in [-0.2, 0) is 9.59 Å². The van der Waals surface area contributed by atoms with Gasteiger partial charge in [0.05, 0.1) is 6.54 Å². The minimum atomic E-state index is -0.359. The summed E-state index contributed by atoms with van der Waals surface area (Å²) in [6, 6.07) is 5.21. The molecule has 1 heterocycles. The molecule has 7 heteroatoms. The summed E-state index contributed by atoms with van der Waals surface area (Å²) in [6.45, 7) is 1.99. The van der Waals surface area contributed by atoms with E-state index in [9.17, 15) is 14.0 Å². The van der Waals surface area contributed by atoms with Gasteiger partial charge in [0.15, 0.2) is 0 Å². The lowest BCUT2D eigenvalue weighted by atomic mass is 10.1. The second kappa shape index (κ2) is 7.14. The van der Waals surface area contributed by atoms with Crippen molar-refractivity contribution in [2.75, 3.05) is 38.5 Å². The third kappa shape index (κ3) is 4.24. The Bertz CT molecular complexity index is 506. The van der Waals surface area contributed by atoms with Crippen molar-refractivity contribution in [3.63, 3.8) is 0 Å². The summed E-state index contributed by atoms with van der Waals surface area (Å²) in [5, 5.41) is 8.43. The Morgan fingerprint density at radius 2 is 2.10 bits per heavy atom. The lowest BCUT2D eigenvalue weighted by Gasteiger charge is -2.34. The fraction of sp³-hybridized carbons (Fsp3) is 0.429. The molecule has 0 aliphatic carbocycles. The first-order chi connectivity index (χ1) is 10.1. The Morgan fingerprint density at radius 1 is 1.38 bits per heavy atom. The molecule has 114 valence electrons. The van der Waals surface area contributed by atoms with Crippen molar-refractivity contribution >= 4 is 17.5 Å². The molecule has 1 saturated heterocycles. The molecule has 1 aromatic rings. The number of nitrogens with zero attached hydrogens (tertiary/aromatic N) is 1. The number of nitrogens with one attached hydrogen (secondary N) is 3.